The standard InChI is InChI=1S/C31H34FN3O2/c1-18(23-11-10-22(15-26(23)32)25-16-29(25)36)14-30-33-27(17-28(34(30)3)21-8-9-21)31(37)35-13-12-20-6-4-5-7-24(20)19(35)2/h4-7,10-11,14-15,17-19,21,25,29,36H,8-9,12-13,16H2,1-3H3/b30-14-/t18?,19-,25-,29+/m1/s1. The van der Waals surface area contributed by atoms with Gasteiger partial charge in [-0.05, 0) is 79.0 Å². The number of aliphatic imine (C=N–C) groups is 1. The molecule has 6 heteroatoms. The fourth-order valence-corrected chi connectivity index (χ4v) is 5.82. The SMILES string of the molecule is CC(/C=C1/N=C(C(=O)N2CCc3ccccc3[C@H]2C)C=C(C2CC2)N1C)c1ccc([C@H]2C[C@@H]2O)cc1F. The lowest BCUT2D eigenvalue weighted by Crippen LogP contribution is -2.43. The van der Waals surface area contributed by atoms with Gasteiger partial charge in [-0.1, -0.05) is 43.3 Å². The van der Waals surface area contributed by atoms with E-state index in [1.807, 2.05) is 49.2 Å². The first kappa shape index (κ1) is 24.1. The minimum atomic E-state index is -0.352. The van der Waals surface area contributed by atoms with Crippen molar-refractivity contribution in [3.05, 3.63) is 94.2 Å². The van der Waals surface area contributed by atoms with Crippen molar-refractivity contribution in [2.75, 3.05) is 13.6 Å². The first-order chi connectivity index (χ1) is 17.8. The van der Waals surface area contributed by atoms with Crippen molar-refractivity contribution in [1.82, 2.24) is 9.80 Å². The Morgan fingerprint density at radius 2 is 1.97 bits per heavy atom. The van der Waals surface area contributed by atoms with Gasteiger partial charge in [0.15, 0.2) is 0 Å². The van der Waals surface area contributed by atoms with Crippen LogP contribution in [-0.2, 0) is 11.2 Å². The molecule has 0 spiro atoms. The van der Waals surface area contributed by atoms with E-state index in [2.05, 4.69) is 30.0 Å². The van der Waals surface area contributed by atoms with Crippen LogP contribution in [0.1, 0.15) is 73.2 Å². The Hall–Kier alpha value is -3.25. The summed E-state index contributed by atoms with van der Waals surface area (Å²) >= 11 is 0. The Morgan fingerprint density at radius 3 is 2.68 bits per heavy atom. The van der Waals surface area contributed by atoms with E-state index in [0.29, 0.717) is 36.0 Å². The number of aliphatic hydroxyl groups is 1. The lowest BCUT2D eigenvalue weighted by molar-refractivity contribution is -0.126. The monoisotopic (exact) mass is 499 g/mol. The largest absolute Gasteiger partial charge is 0.392 e. The summed E-state index contributed by atoms with van der Waals surface area (Å²) in [6.07, 6.45) is 7.33. The van der Waals surface area contributed by atoms with Gasteiger partial charge < -0.3 is 14.9 Å². The minimum absolute atomic E-state index is 0.0125. The molecular weight excluding hydrogens is 465 g/mol. The molecule has 0 saturated heterocycles. The Labute approximate surface area is 218 Å². The molecule has 2 aliphatic carbocycles. The average molecular weight is 500 g/mol. The van der Waals surface area contributed by atoms with Gasteiger partial charge in [-0.2, -0.15) is 0 Å². The molecule has 4 atom stereocenters. The number of amides is 1. The number of hydrogen-bond acceptors (Lipinski definition) is 4. The van der Waals surface area contributed by atoms with Crippen LogP contribution in [0.3, 0.4) is 0 Å². The number of nitrogens with zero attached hydrogens (tertiary/aromatic N) is 3. The number of carbonyl (C=O) groups is 1. The van der Waals surface area contributed by atoms with Crippen molar-refractivity contribution in [3.8, 4) is 0 Å². The minimum Gasteiger partial charge on any atom is -0.392 e. The smallest absolute Gasteiger partial charge is 0.273 e. The average Bonchev–Trinajstić information content (AvgIpc) is 3.82. The van der Waals surface area contributed by atoms with Crippen LogP contribution in [0.2, 0.25) is 0 Å². The van der Waals surface area contributed by atoms with E-state index >= 15 is 4.39 Å². The molecule has 2 aromatic rings. The van der Waals surface area contributed by atoms with E-state index in [4.69, 9.17) is 4.99 Å². The van der Waals surface area contributed by atoms with E-state index in [1.54, 1.807) is 6.07 Å². The Balaban J connectivity index is 1.29. The summed E-state index contributed by atoms with van der Waals surface area (Å²) < 4.78 is 15.1. The van der Waals surface area contributed by atoms with Crippen molar-refractivity contribution in [2.24, 2.45) is 10.9 Å². The third-order valence-electron chi connectivity index (χ3n) is 8.42. The number of rotatable bonds is 5. The van der Waals surface area contributed by atoms with Gasteiger partial charge in [-0.15, -0.1) is 0 Å². The maximum atomic E-state index is 15.1. The Bertz CT molecular complexity index is 1340. The molecule has 5 nitrogen and oxygen atoms in total. The molecule has 6 rings (SSSR count). The second-order valence-electron chi connectivity index (χ2n) is 11.0. The lowest BCUT2D eigenvalue weighted by Gasteiger charge is -2.36. The van der Waals surface area contributed by atoms with Gasteiger partial charge >= 0.3 is 0 Å². The molecule has 0 aromatic heterocycles. The molecular formula is C31H34FN3O2. The molecule has 192 valence electrons. The first-order valence-electron chi connectivity index (χ1n) is 13.4. The van der Waals surface area contributed by atoms with Crippen LogP contribution < -0.4 is 0 Å². The van der Waals surface area contributed by atoms with Crippen molar-refractivity contribution in [2.45, 2.75) is 63.5 Å². The molecule has 2 aromatic carbocycles. The number of fused-ring (bicyclic) bond motifs is 1. The summed E-state index contributed by atoms with van der Waals surface area (Å²) in [6, 6.07) is 13.6. The fourth-order valence-electron chi connectivity index (χ4n) is 5.82. The van der Waals surface area contributed by atoms with Crippen LogP contribution in [-0.4, -0.2) is 46.2 Å². The zero-order chi connectivity index (χ0) is 25.8. The van der Waals surface area contributed by atoms with Crippen LogP contribution >= 0.6 is 0 Å². The summed E-state index contributed by atoms with van der Waals surface area (Å²) in [5.41, 5.74) is 5.52. The van der Waals surface area contributed by atoms with Crippen LogP contribution in [0.4, 0.5) is 4.39 Å². The summed E-state index contributed by atoms with van der Waals surface area (Å²) in [5.74, 6) is 0.628. The van der Waals surface area contributed by atoms with Crippen LogP contribution in [0.5, 0.6) is 0 Å². The highest BCUT2D eigenvalue weighted by atomic mass is 19.1. The van der Waals surface area contributed by atoms with E-state index in [0.717, 1.165) is 30.5 Å². The molecule has 1 N–H and O–H groups in total. The number of aliphatic hydroxyl groups excluding tert-OH is 1. The van der Waals surface area contributed by atoms with Gasteiger partial charge in [0, 0.05) is 31.1 Å². The highest BCUT2D eigenvalue weighted by Gasteiger charge is 2.38. The van der Waals surface area contributed by atoms with Gasteiger partial charge in [0.25, 0.3) is 5.91 Å². The normalized spacial score (nSPS) is 26.9. The third kappa shape index (κ3) is 4.52. The summed E-state index contributed by atoms with van der Waals surface area (Å²) in [5, 5.41) is 9.71. The molecule has 4 aliphatic rings. The first-order valence-corrected chi connectivity index (χ1v) is 13.4. The topological polar surface area (TPSA) is 56.1 Å². The number of allylic oxidation sites excluding steroid dienone is 2. The lowest BCUT2D eigenvalue weighted by atomic mass is 9.93. The van der Waals surface area contributed by atoms with E-state index in [9.17, 15) is 9.90 Å². The van der Waals surface area contributed by atoms with Crippen LogP contribution in [0, 0.1) is 11.7 Å². The van der Waals surface area contributed by atoms with E-state index in [-0.39, 0.29) is 35.7 Å². The molecule has 2 saturated carbocycles. The van der Waals surface area contributed by atoms with E-state index in [1.165, 1.54) is 11.1 Å². The number of benzene rings is 2. The number of carbonyl (C=O) groups excluding carboxylic acids is 1. The number of hydrogen-bond donors (Lipinski definition) is 1. The molecule has 2 fully saturated rings. The van der Waals surface area contributed by atoms with Crippen molar-refractivity contribution in [1.29, 1.82) is 0 Å². The molecule has 1 unspecified atom stereocenters. The molecule has 1 amide bonds. The Kier molecular flexibility index (Phi) is 6.03. The zero-order valence-corrected chi connectivity index (χ0v) is 21.7. The van der Waals surface area contributed by atoms with Gasteiger partial charge in [0.2, 0.25) is 0 Å². The highest BCUT2D eigenvalue weighted by molar-refractivity contribution is 6.43. The predicted octanol–water partition coefficient (Wildman–Crippen LogP) is 5.45. The molecule has 37 heavy (non-hydrogen) atoms. The fraction of sp³-hybridized carbons (Fsp3) is 0.419. The maximum Gasteiger partial charge on any atom is 0.273 e. The van der Waals surface area contributed by atoms with Crippen molar-refractivity contribution < 1.29 is 14.3 Å². The van der Waals surface area contributed by atoms with Crippen LogP contribution in [0.25, 0.3) is 0 Å². The molecule has 2 heterocycles. The van der Waals surface area contributed by atoms with Gasteiger partial charge in [-0.25, -0.2) is 9.38 Å². The summed E-state index contributed by atoms with van der Waals surface area (Å²) in [6.45, 7) is 4.71. The second-order valence-corrected chi connectivity index (χ2v) is 11.0. The third-order valence-corrected chi connectivity index (χ3v) is 8.42. The van der Waals surface area contributed by atoms with Crippen molar-refractivity contribution in [3.63, 3.8) is 0 Å². The molecule has 0 radical (unpaired) electrons. The summed E-state index contributed by atoms with van der Waals surface area (Å²) in [4.78, 5) is 22.6. The maximum absolute atomic E-state index is 15.1. The van der Waals surface area contributed by atoms with Crippen molar-refractivity contribution >= 4 is 11.6 Å². The van der Waals surface area contributed by atoms with E-state index < -0.39 is 0 Å². The van der Waals surface area contributed by atoms with Gasteiger partial charge in [0.1, 0.15) is 17.3 Å². The predicted molar refractivity (Wildman–Crippen MR) is 143 cm³/mol. The Morgan fingerprint density at radius 1 is 1.22 bits per heavy atom. The molecule has 0 bridgehead atoms. The quantitative estimate of drug-likeness (QED) is 0.596. The van der Waals surface area contributed by atoms with Gasteiger partial charge in [-0.3, -0.25) is 4.79 Å². The van der Waals surface area contributed by atoms with Crippen LogP contribution in [0.15, 0.2) is 71.1 Å². The summed E-state index contributed by atoms with van der Waals surface area (Å²) in [7, 11) is 1.99. The molecule has 2 aliphatic heterocycles. The number of halogens is 1. The van der Waals surface area contributed by atoms with Gasteiger partial charge in [0.05, 0.1) is 12.1 Å². The second kappa shape index (κ2) is 9.25. The zero-order valence-electron chi connectivity index (χ0n) is 21.7. The highest BCUT2D eigenvalue weighted by Crippen LogP contribution is 2.43.